The molecule has 2 aromatic rings. The van der Waals surface area contributed by atoms with Crippen LogP contribution in [0.3, 0.4) is 0 Å². The Morgan fingerprint density at radius 1 is 1.10 bits per heavy atom. The first-order valence-electron chi connectivity index (χ1n) is 10.9. The summed E-state index contributed by atoms with van der Waals surface area (Å²) in [6, 6.07) is 14.5. The molecule has 6 heteroatoms. The molecule has 3 rings (SSSR count). The van der Waals surface area contributed by atoms with Gasteiger partial charge < -0.3 is 15.0 Å². The lowest BCUT2D eigenvalue weighted by molar-refractivity contribution is -0.140. The Kier molecular flexibility index (Phi) is 8.35. The molecule has 0 heterocycles. The predicted octanol–water partition coefficient (Wildman–Crippen LogP) is 4.76. The monoisotopic (exact) mass is 442 g/mol. The highest BCUT2D eigenvalue weighted by atomic mass is 35.5. The van der Waals surface area contributed by atoms with Crippen LogP contribution >= 0.6 is 11.6 Å². The summed E-state index contributed by atoms with van der Waals surface area (Å²) in [6.45, 7) is 2.15. The molecule has 0 aliphatic heterocycles. The molecule has 1 saturated carbocycles. The van der Waals surface area contributed by atoms with Crippen LogP contribution in [0.2, 0.25) is 5.02 Å². The van der Waals surface area contributed by atoms with Crippen molar-refractivity contribution in [2.24, 2.45) is 0 Å². The summed E-state index contributed by atoms with van der Waals surface area (Å²) in [5.74, 6) is 0.549. The molecule has 1 atom stereocenters. The Balaban J connectivity index is 1.75. The van der Waals surface area contributed by atoms with Crippen molar-refractivity contribution >= 4 is 23.4 Å². The van der Waals surface area contributed by atoms with Crippen molar-refractivity contribution in [3.8, 4) is 5.75 Å². The Labute approximate surface area is 189 Å². The van der Waals surface area contributed by atoms with Gasteiger partial charge in [0.25, 0.3) is 0 Å². The first-order chi connectivity index (χ1) is 15.0. The fourth-order valence-electron chi connectivity index (χ4n) is 4.00. The minimum atomic E-state index is -0.573. The quantitative estimate of drug-likeness (QED) is 0.641. The van der Waals surface area contributed by atoms with E-state index in [1.54, 1.807) is 31.1 Å². The highest BCUT2D eigenvalue weighted by Crippen LogP contribution is 2.20. The molecule has 2 amide bonds. The highest BCUT2D eigenvalue weighted by Gasteiger charge is 2.28. The molecular weight excluding hydrogens is 412 g/mol. The second-order valence-electron chi connectivity index (χ2n) is 8.20. The number of ether oxygens (including phenoxy) is 1. The molecule has 166 valence electrons. The third-order valence-electron chi connectivity index (χ3n) is 5.88. The molecule has 31 heavy (non-hydrogen) atoms. The summed E-state index contributed by atoms with van der Waals surface area (Å²) in [4.78, 5) is 27.9. The predicted molar refractivity (Wildman–Crippen MR) is 123 cm³/mol. The Morgan fingerprint density at radius 3 is 2.45 bits per heavy atom. The summed E-state index contributed by atoms with van der Waals surface area (Å²) in [6.07, 6.45) is 5.72. The van der Waals surface area contributed by atoms with Gasteiger partial charge in [0.1, 0.15) is 11.8 Å². The molecule has 0 aromatic heterocycles. The number of nitrogens with zero attached hydrogens (tertiary/aromatic N) is 1. The largest absolute Gasteiger partial charge is 0.497 e. The van der Waals surface area contributed by atoms with E-state index in [0.29, 0.717) is 11.6 Å². The van der Waals surface area contributed by atoms with Crippen LogP contribution in [-0.4, -0.2) is 35.9 Å². The Hall–Kier alpha value is -2.53. The van der Waals surface area contributed by atoms with Crippen molar-refractivity contribution in [2.75, 3.05) is 7.11 Å². The number of carbonyl (C=O) groups is 2. The number of carbonyl (C=O) groups excluding carboxylic acids is 2. The average Bonchev–Trinajstić information content (AvgIpc) is 2.78. The minimum Gasteiger partial charge on any atom is -0.497 e. The van der Waals surface area contributed by atoms with Gasteiger partial charge in [-0.15, -0.1) is 0 Å². The second kappa shape index (κ2) is 11.2. The van der Waals surface area contributed by atoms with Gasteiger partial charge in [-0.05, 0) is 55.2 Å². The van der Waals surface area contributed by atoms with Gasteiger partial charge >= 0.3 is 0 Å². The fraction of sp³-hybridized carbons (Fsp3) is 0.440. The highest BCUT2D eigenvalue weighted by molar-refractivity contribution is 6.30. The number of hydrogen-bond donors (Lipinski definition) is 1. The van der Waals surface area contributed by atoms with E-state index >= 15 is 0 Å². The van der Waals surface area contributed by atoms with Crippen LogP contribution in [0.15, 0.2) is 48.5 Å². The van der Waals surface area contributed by atoms with Gasteiger partial charge in [-0.2, -0.15) is 0 Å². The fourth-order valence-corrected chi connectivity index (χ4v) is 4.21. The van der Waals surface area contributed by atoms with E-state index < -0.39 is 6.04 Å². The van der Waals surface area contributed by atoms with Crippen LogP contribution in [0.25, 0.3) is 0 Å². The van der Waals surface area contributed by atoms with E-state index in [1.165, 1.54) is 6.42 Å². The standard InChI is InChI=1S/C25H31ClN2O3/c1-18(25(30)27-22-9-4-3-5-10-22)28(17-19-11-13-23(31-2)14-12-19)24(29)16-20-7-6-8-21(26)15-20/h6-8,11-15,18,22H,3-5,9-10,16-17H2,1-2H3,(H,27,30). The number of nitrogens with one attached hydrogen (secondary N) is 1. The van der Waals surface area contributed by atoms with Crippen molar-refractivity contribution in [2.45, 2.75) is 64.1 Å². The van der Waals surface area contributed by atoms with Gasteiger partial charge in [-0.25, -0.2) is 0 Å². The second-order valence-corrected chi connectivity index (χ2v) is 8.63. The zero-order valence-corrected chi connectivity index (χ0v) is 19.0. The maximum absolute atomic E-state index is 13.3. The zero-order chi connectivity index (χ0) is 22.2. The lowest BCUT2D eigenvalue weighted by Crippen LogP contribution is -2.50. The Morgan fingerprint density at radius 2 is 1.81 bits per heavy atom. The van der Waals surface area contributed by atoms with Crippen LogP contribution in [-0.2, 0) is 22.6 Å². The molecule has 0 spiro atoms. The number of benzene rings is 2. The van der Waals surface area contributed by atoms with Crippen molar-refractivity contribution in [1.29, 1.82) is 0 Å². The third kappa shape index (κ3) is 6.73. The number of hydrogen-bond acceptors (Lipinski definition) is 3. The van der Waals surface area contributed by atoms with E-state index in [-0.39, 0.29) is 24.3 Å². The van der Waals surface area contributed by atoms with Gasteiger partial charge in [-0.1, -0.05) is 55.1 Å². The molecule has 1 aliphatic rings. The number of halogens is 1. The average molecular weight is 443 g/mol. The van der Waals surface area contributed by atoms with Crippen LogP contribution in [0.5, 0.6) is 5.75 Å². The Bertz CT molecular complexity index is 879. The first-order valence-corrected chi connectivity index (χ1v) is 11.3. The van der Waals surface area contributed by atoms with Crippen molar-refractivity contribution in [3.05, 3.63) is 64.7 Å². The van der Waals surface area contributed by atoms with E-state index in [9.17, 15) is 9.59 Å². The molecule has 2 aromatic carbocycles. The van der Waals surface area contributed by atoms with Crippen molar-refractivity contribution < 1.29 is 14.3 Å². The molecule has 1 N–H and O–H groups in total. The number of rotatable bonds is 8. The lowest BCUT2D eigenvalue weighted by atomic mass is 9.95. The van der Waals surface area contributed by atoms with Crippen molar-refractivity contribution in [3.63, 3.8) is 0 Å². The SMILES string of the molecule is COc1ccc(CN(C(=O)Cc2cccc(Cl)c2)C(C)C(=O)NC2CCCCC2)cc1. The van der Waals surface area contributed by atoms with Gasteiger partial charge in [0.05, 0.1) is 13.5 Å². The number of amides is 2. The van der Waals surface area contributed by atoms with Crippen molar-refractivity contribution in [1.82, 2.24) is 10.2 Å². The van der Waals surface area contributed by atoms with Gasteiger partial charge in [-0.3, -0.25) is 9.59 Å². The molecule has 1 aliphatic carbocycles. The van der Waals surface area contributed by atoms with Crippen LogP contribution in [0.1, 0.15) is 50.2 Å². The summed E-state index contributed by atoms with van der Waals surface area (Å²) in [5.41, 5.74) is 1.77. The molecule has 0 saturated heterocycles. The first kappa shape index (κ1) is 23.1. The van der Waals surface area contributed by atoms with E-state index in [2.05, 4.69) is 5.32 Å². The number of methoxy groups -OCH3 is 1. The van der Waals surface area contributed by atoms with Gasteiger partial charge in [0, 0.05) is 17.6 Å². The zero-order valence-electron chi connectivity index (χ0n) is 18.3. The summed E-state index contributed by atoms with van der Waals surface area (Å²) in [5, 5.41) is 3.75. The molecule has 1 fully saturated rings. The minimum absolute atomic E-state index is 0.0974. The lowest BCUT2D eigenvalue weighted by Gasteiger charge is -2.31. The summed E-state index contributed by atoms with van der Waals surface area (Å²) >= 11 is 6.09. The molecular formula is C25H31ClN2O3. The normalized spacial score (nSPS) is 15.2. The topological polar surface area (TPSA) is 58.6 Å². The van der Waals surface area contributed by atoms with Crippen LogP contribution < -0.4 is 10.1 Å². The maximum atomic E-state index is 13.3. The smallest absolute Gasteiger partial charge is 0.242 e. The summed E-state index contributed by atoms with van der Waals surface area (Å²) in [7, 11) is 1.62. The van der Waals surface area contributed by atoms with Gasteiger partial charge in [0.15, 0.2) is 0 Å². The van der Waals surface area contributed by atoms with E-state index in [1.807, 2.05) is 36.4 Å². The molecule has 0 radical (unpaired) electrons. The molecule has 0 bridgehead atoms. The van der Waals surface area contributed by atoms with Gasteiger partial charge in [0.2, 0.25) is 11.8 Å². The van der Waals surface area contributed by atoms with E-state index in [4.69, 9.17) is 16.3 Å². The van der Waals surface area contributed by atoms with Crippen LogP contribution in [0, 0.1) is 0 Å². The van der Waals surface area contributed by atoms with Crippen LogP contribution in [0.4, 0.5) is 0 Å². The summed E-state index contributed by atoms with van der Waals surface area (Å²) < 4.78 is 5.22. The molecule has 1 unspecified atom stereocenters. The van der Waals surface area contributed by atoms with E-state index in [0.717, 1.165) is 42.6 Å². The third-order valence-corrected chi connectivity index (χ3v) is 6.11. The molecule has 5 nitrogen and oxygen atoms in total. The maximum Gasteiger partial charge on any atom is 0.242 e.